The van der Waals surface area contributed by atoms with E-state index in [0.717, 1.165) is 12.1 Å². The Hall–Kier alpha value is -3.97. The van der Waals surface area contributed by atoms with E-state index >= 15 is 8.78 Å². The van der Waals surface area contributed by atoms with E-state index in [9.17, 15) is 31.5 Å². The Kier molecular flexibility index (Phi) is 9.56. The number of aromatic nitrogens is 3. The number of carbonyl (C=O) groups is 2. The highest BCUT2D eigenvalue weighted by Gasteiger charge is 2.68. The van der Waals surface area contributed by atoms with Crippen molar-refractivity contribution in [3.8, 4) is 11.8 Å². The number of pyridine rings is 1. The van der Waals surface area contributed by atoms with E-state index in [0.29, 0.717) is 15.2 Å². The average molecular weight is 800 g/mol. The molecule has 3 aliphatic rings. The van der Waals surface area contributed by atoms with Crippen molar-refractivity contribution in [2.75, 3.05) is 6.61 Å². The molecule has 2 aliphatic carbocycles. The zero-order valence-corrected chi connectivity index (χ0v) is 30.3. The summed E-state index contributed by atoms with van der Waals surface area (Å²) in [5.74, 6) is -3.43. The maximum Gasteiger partial charge on any atom is 0.435 e. The van der Waals surface area contributed by atoms with Gasteiger partial charge >= 0.3 is 12.3 Å². The number of amides is 1. The van der Waals surface area contributed by atoms with Gasteiger partial charge in [0.25, 0.3) is 5.92 Å². The Balaban J connectivity index is 1.31. The van der Waals surface area contributed by atoms with Crippen molar-refractivity contribution >= 4 is 27.8 Å². The third kappa shape index (κ3) is 7.57. The van der Waals surface area contributed by atoms with Gasteiger partial charge in [0.15, 0.2) is 11.5 Å². The summed E-state index contributed by atoms with van der Waals surface area (Å²) in [6.45, 7) is 7.73. The summed E-state index contributed by atoms with van der Waals surface area (Å²) in [5.41, 5.74) is -4.18. The van der Waals surface area contributed by atoms with Gasteiger partial charge in [-0.05, 0) is 105 Å². The Morgan fingerprint density at radius 2 is 1.79 bits per heavy atom. The number of hydrogen-bond donors (Lipinski definition) is 0. The zero-order valence-electron chi connectivity index (χ0n) is 28.7. The second-order valence-corrected chi connectivity index (χ2v) is 15.6. The fourth-order valence-electron chi connectivity index (χ4n) is 6.92. The van der Waals surface area contributed by atoms with Crippen molar-refractivity contribution < 1.29 is 49.8 Å². The second kappa shape index (κ2) is 13.2. The molecule has 8 nitrogen and oxygen atoms in total. The van der Waals surface area contributed by atoms with Crippen LogP contribution in [0.5, 0.6) is 0 Å². The number of hydrogen-bond acceptors (Lipinski definition) is 6. The minimum atomic E-state index is -5.00. The molecule has 1 amide bonds. The number of carbonyl (C=O) groups excluding carboxylic acids is 2. The van der Waals surface area contributed by atoms with E-state index in [1.165, 1.54) is 4.90 Å². The average Bonchev–Trinajstić information content (AvgIpc) is 3.53. The number of ketones is 1. The fourth-order valence-corrected chi connectivity index (χ4v) is 7.46. The third-order valence-electron chi connectivity index (χ3n) is 9.11. The first-order chi connectivity index (χ1) is 24.0. The zero-order chi connectivity index (χ0) is 38.1. The van der Waals surface area contributed by atoms with Gasteiger partial charge in [0, 0.05) is 34.4 Å². The molecular formula is C36H34BrF7N4O4. The Morgan fingerprint density at radius 3 is 2.42 bits per heavy atom. The molecule has 1 aliphatic heterocycles. The molecular weight excluding hydrogens is 765 g/mol. The quantitative estimate of drug-likeness (QED) is 0.177. The van der Waals surface area contributed by atoms with Gasteiger partial charge < -0.3 is 9.47 Å². The molecule has 0 spiro atoms. The Bertz CT molecular complexity index is 1980. The van der Waals surface area contributed by atoms with E-state index in [4.69, 9.17) is 9.47 Å². The molecule has 1 saturated heterocycles. The highest BCUT2D eigenvalue weighted by molar-refractivity contribution is 9.10. The lowest BCUT2D eigenvalue weighted by molar-refractivity contribution is -0.142. The van der Waals surface area contributed by atoms with E-state index in [1.807, 2.05) is 0 Å². The summed E-state index contributed by atoms with van der Waals surface area (Å²) in [5, 5.41) is 3.45. The molecule has 52 heavy (non-hydrogen) atoms. The lowest BCUT2D eigenvalue weighted by Gasteiger charge is -2.33. The standard InChI is InChI=1S/C36H34BrF7N4O4/c1-33(2,3)52-32(50)48-23(17-51-34(48,4)5)8-6-22-7-9-27(37)29(45-22)19(10-18-11-20(38)14-21(39)12-18)13-24(49)16-47-31-28(30(46-47)36(42,43)44)25-15-26(25)35(31,40)41/h7,9,11-12,14,19,23,25-26H,10,13,15-17H2,1-5H3/t19-,23-,25+,26-/m1/s1. The van der Waals surface area contributed by atoms with Crippen LogP contribution in [-0.2, 0) is 39.3 Å². The molecule has 278 valence electrons. The van der Waals surface area contributed by atoms with Crippen LogP contribution in [0.25, 0.3) is 0 Å². The molecule has 0 radical (unpaired) electrons. The fraction of sp³-hybridized carbons (Fsp3) is 0.500. The monoisotopic (exact) mass is 798 g/mol. The van der Waals surface area contributed by atoms with Gasteiger partial charge in [-0.3, -0.25) is 14.4 Å². The molecule has 6 rings (SSSR count). The highest BCUT2D eigenvalue weighted by Crippen LogP contribution is 2.68. The lowest BCUT2D eigenvalue weighted by atomic mass is 9.90. The number of fused-ring (bicyclic) bond motifs is 3. The first-order valence-electron chi connectivity index (χ1n) is 16.4. The van der Waals surface area contributed by atoms with Crippen molar-refractivity contribution in [1.29, 1.82) is 0 Å². The molecule has 2 fully saturated rings. The first-order valence-corrected chi connectivity index (χ1v) is 17.2. The molecule has 1 aromatic carbocycles. The summed E-state index contributed by atoms with van der Waals surface area (Å²) in [6, 6.07) is 5.21. The number of rotatable bonds is 7. The molecule has 0 unspecified atom stereocenters. The van der Waals surface area contributed by atoms with E-state index < -0.39 is 101 Å². The van der Waals surface area contributed by atoms with Gasteiger partial charge in [0.1, 0.15) is 46.9 Å². The summed E-state index contributed by atoms with van der Waals surface area (Å²) in [7, 11) is 0. The van der Waals surface area contributed by atoms with Gasteiger partial charge in [-0.15, -0.1) is 0 Å². The van der Waals surface area contributed by atoms with Crippen LogP contribution >= 0.6 is 15.9 Å². The van der Waals surface area contributed by atoms with E-state index in [1.54, 1.807) is 46.8 Å². The maximum absolute atomic E-state index is 15.2. The smallest absolute Gasteiger partial charge is 0.435 e. The number of Topliss-reactive ketones (excluding diaryl/α,β-unsaturated/α-hetero) is 1. The summed E-state index contributed by atoms with van der Waals surface area (Å²) >= 11 is 3.41. The molecule has 1 saturated carbocycles. The van der Waals surface area contributed by atoms with Gasteiger partial charge in [0.2, 0.25) is 0 Å². The molecule has 4 atom stereocenters. The van der Waals surface area contributed by atoms with E-state index in [-0.39, 0.29) is 36.4 Å². The van der Waals surface area contributed by atoms with Gasteiger partial charge in [-0.1, -0.05) is 5.92 Å². The Morgan fingerprint density at radius 1 is 1.12 bits per heavy atom. The third-order valence-corrected chi connectivity index (χ3v) is 9.78. The van der Waals surface area contributed by atoms with Crippen LogP contribution in [0.15, 0.2) is 34.8 Å². The van der Waals surface area contributed by atoms with Crippen LogP contribution in [0, 0.1) is 29.4 Å². The van der Waals surface area contributed by atoms with Crippen molar-refractivity contribution in [2.24, 2.45) is 5.92 Å². The molecule has 16 heteroatoms. The SMILES string of the molecule is CC(C)(C)OC(=O)N1[C@H](C#Cc2ccc(Br)c([C@@H](CC(=O)Cn3nc(C(F)(F)F)c4c3C(F)(F)[C@@H]3C[C@H]43)Cc3cc(F)cc(F)c3)n2)COC1(C)C. The van der Waals surface area contributed by atoms with Crippen LogP contribution < -0.4 is 0 Å². The number of nitrogens with zero attached hydrogens (tertiary/aromatic N) is 4. The van der Waals surface area contributed by atoms with Crippen LogP contribution in [0.1, 0.15) is 93.2 Å². The van der Waals surface area contributed by atoms with Gasteiger partial charge in [-0.25, -0.2) is 18.6 Å². The van der Waals surface area contributed by atoms with Gasteiger partial charge in [-0.2, -0.15) is 27.1 Å². The van der Waals surface area contributed by atoms with Crippen molar-refractivity contribution in [1.82, 2.24) is 19.7 Å². The normalized spacial score (nSPS) is 21.9. The summed E-state index contributed by atoms with van der Waals surface area (Å²) in [6.07, 6.45) is -6.37. The van der Waals surface area contributed by atoms with Crippen LogP contribution in [0.4, 0.5) is 35.5 Å². The van der Waals surface area contributed by atoms with Crippen molar-refractivity contribution in [2.45, 2.75) is 102 Å². The van der Waals surface area contributed by atoms with Crippen molar-refractivity contribution in [3.63, 3.8) is 0 Å². The largest absolute Gasteiger partial charge is 0.444 e. The number of ether oxygens (including phenoxy) is 2. The maximum atomic E-state index is 15.2. The van der Waals surface area contributed by atoms with Crippen LogP contribution in [0.3, 0.4) is 0 Å². The molecule has 3 heterocycles. The topological polar surface area (TPSA) is 86.6 Å². The molecule has 2 aromatic heterocycles. The summed E-state index contributed by atoms with van der Waals surface area (Å²) in [4.78, 5) is 32.6. The predicted octanol–water partition coefficient (Wildman–Crippen LogP) is 8.26. The minimum Gasteiger partial charge on any atom is -0.444 e. The van der Waals surface area contributed by atoms with E-state index in [2.05, 4.69) is 37.9 Å². The van der Waals surface area contributed by atoms with Gasteiger partial charge in [0.05, 0.1) is 12.3 Å². The van der Waals surface area contributed by atoms with Crippen LogP contribution in [0.2, 0.25) is 0 Å². The lowest BCUT2D eigenvalue weighted by Crippen LogP contribution is -2.49. The highest BCUT2D eigenvalue weighted by atomic mass is 79.9. The number of halogens is 8. The van der Waals surface area contributed by atoms with Crippen LogP contribution in [-0.4, -0.2) is 55.5 Å². The second-order valence-electron chi connectivity index (χ2n) is 14.7. The number of alkyl halides is 5. The minimum absolute atomic E-state index is 0.0681. The number of benzene rings is 1. The molecule has 0 N–H and O–H groups in total. The summed E-state index contributed by atoms with van der Waals surface area (Å²) < 4.78 is 113. The van der Waals surface area contributed by atoms with Crippen molar-refractivity contribution in [3.05, 3.63) is 80.3 Å². The first kappa shape index (κ1) is 37.8. The molecule has 0 bridgehead atoms. The Labute approximate surface area is 303 Å². The predicted molar refractivity (Wildman–Crippen MR) is 175 cm³/mol. The molecule has 3 aromatic rings.